The van der Waals surface area contributed by atoms with Crippen LogP contribution in [0.4, 0.5) is 0 Å². The van der Waals surface area contributed by atoms with Crippen molar-refractivity contribution in [3.63, 3.8) is 0 Å². The minimum atomic E-state index is -0.268. The standard InChI is InChI=1S/C16H20N2O2/c1-19-15-9-5-8-13(14(18)10-17)16(15)20-11-12-6-3-2-4-7-12/h2-9,14H,10-11,17-18H2,1H3. The number of hydrogen-bond donors (Lipinski definition) is 2. The molecule has 0 saturated heterocycles. The van der Waals surface area contributed by atoms with Gasteiger partial charge >= 0.3 is 0 Å². The fourth-order valence-electron chi connectivity index (χ4n) is 2.00. The SMILES string of the molecule is COc1cccc(C(N)CN)c1OCc1ccccc1. The van der Waals surface area contributed by atoms with E-state index in [2.05, 4.69) is 0 Å². The number of hydrogen-bond acceptors (Lipinski definition) is 4. The molecule has 1 atom stereocenters. The summed E-state index contributed by atoms with van der Waals surface area (Å²) in [5, 5.41) is 0. The lowest BCUT2D eigenvalue weighted by Gasteiger charge is -2.18. The average molecular weight is 272 g/mol. The molecule has 20 heavy (non-hydrogen) atoms. The first-order valence-electron chi connectivity index (χ1n) is 6.55. The van der Waals surface area contributed by atoms with Gasteiger partial charge in [-0.2, -0.15) is 0 Å². The second-order valence-corrected chi connectivity index (χ2v) is 4.50. The molecule has 0 heterocycles. The van der Waals surface area contributed by atoms with Crippen LogP contribution in [0.3, 0.4) is 0 Å². The molecule has 4 heteroatoms. The van der Waals surface area contributed by atoms with Crippen LogP contribution < -0.4 is 20.9 Å². The van der Waals surface area contributed by atoms with Gasteiger partial charge in [0, 0.05) is 18.2 Å². The van der Waals surface area contributed by atoms with Crippen LogP contribution in [0.15, 0.2) is 48.5 Å². The van der Waals surface area contributed by atoms with Crippen molar-refractivity contribution in [1.29, 1.82) is 0 Å². The first-order chi connectivity index (χ1) is 9.76. The molecular weight excluding hydrogens is 252 g/mol. The molecule has 1 unspecified atom stereocenters. The second-order valence-electron chi connectivity index (χ2n) is 4.50. The Hall–Kier alpha value is -2.04. The molecule has 0 bridgehead atoms. The van der Waals surface area contributed by atoms with Crippen LogP contribution in [0, 0.1) is 0 Å². The maximum Gasteiger partial charge on any atom is 0.166 e. The number of rotatable bonds is 6. The van der Waals surface area contributed by atoms with Crippen molar-refractivity contribution in [3.05, 3.63) is 59.7 Å². The van der Waals surface area contributed by atoms with Gasteiger partial charge in [-0.25, -0.2) is 0 Å². The molecule has 0 spiro atoms. The van der Waals surface area contributed by atoms with Crippen LogP contribution in [0.1, 0.15) is 17.2 Å². The highest BCUT2D eigenvalue weighted by molar-refractivity contribution is 5.48. The molecule has 0 aromatic heterocycles. The molecule has 2 aromatic carbocycles. The fraction of sp³-hybridized carbons (Fsp3) is 0.250. The second kappa shape index (κ2) is 6.93. The Bertz CT molecular complexity index is 543. The van der Waals surface area contributed by atoms with E-state index in [4.69, 9.17) is 20.9 Å². The highest BCUT2D eigenvalue weighted by atomic mass is 16.5. The Morgan fingerprint density at radius 3 is 2.45 bits per heavy atom. The number of nitrogens with two attached hydrogens (primary N) is 2. The van der Waals surface area contributed by atoms with E-state index < -0.39 is 0 Å². The van der Waals surface area contributed by atoms with E-state index in [0.717, 1.165) is 11.1 Å². The third-order valence-electron chi connectivity index (χ3n) is 3.11. The van der Waals surface area contributed by atoms with Crippen LogP contribution in [0.25, 0.3) is 0 Å². The molecule has 2 aromatic rings. The van der Waals surface area contributed by atoms with Crippen molar-refractivity contribution in [2.75, 3.05) is 13.7 Å². The highest BCUT2D eigenvalue weighted by Gasteiger charge is 2.15. The maximum absolute atomic E-state index is 6.03. The van der Waals surface area contributed by atoms with Crippen LogP contribution >= 0.6 is 0 Å². The summed E-state index contributed by atoms with van der Waals surface area (Å²) in [5.41, 5.74) is 13.6. The Morgan fingerprint density at radius 2 is 1.80 bits per heavy atom. The third kappa shape index (κ3) is 3.29. The van der Waals surface area contributed by atoms with E-state index in [1.165, 1.54) is 0 Å². The summed E-state index contributed by atoms with van der Waals surface area (Å²) in [6.07, 6.45) is 0. The van der Waals surface area contributed by atoms with Crippen LogP contribution in [0.5, 0.6) is 11.5 Å². The van der Waals surface area contributed by atoms with Gasteiger partial charge in [0.1, 0.15) is 6.61 Å². The van der Waals surface area contributed by atoms with Crippen molar-refractivity contribution in [3.8, 4) is 11.5 Å². The zero-order valence-corrected chi connectivity index (χ0v) is 11.6. The van der Waals surface area contributed by atoms with Gasteiger partial charge in [0.15, 0.2) is 11.5 Å². The van der Waals surface area contributed by atoms with Gasteiger partial charge in [0.05, 0.1) is 7.11 Å². The maximum atomic E-state index is 6.03. The molecule has 0 radical (unpaired) electrons. The molecule has 0 aliphatic rings. The minimum absolute atomic E-state index is 0.268. The van der Waals surface area contributed by atoms with Gasteiger partial charge in [-0.3, -0.25) is 0 Å². The molecule has 0 fully saturated rings. The number of methoxy groups -OCH3 is 1. The normalized spacial score (nSPS) is 11.9. The lowest BCUT2D eigenvalue weighted by molar-refractivity contribution is 0.279. The molecule has 0 aliphatic carbocycles. The quantitative estimate of drug-likeness (QED) is 0.846. The minimum Gasteiger partial charge on any atom is -0.493 e. The lowest BCUT2D eigenvalue weighted by Crippen LogP contribution is -2.21. The van der Waals surface area contributed by atoms with E-state index in [1.807, 2.05) is 48.5 Å². The monoisotopic (exact) mass is 272 g/mol. The van der Waals surface area contributed by atoms with E-state index in [1.54, 1.807) is 7.11 Å². The van der Waals surface area contributed by atoms with Crippen LogP contribution in [0.2, 0.25) is 0 Å². The topological polar surface area (TPSA) is 70.5 Å². The molecule has 4 N–H and O–H groups in total. The molecule has 4 nitrogen and oxygen atoms in total. The van der Waals surface area contributed by atoms with E-state index in [-0.39, 0.29) is 6.04 Å². The number of para-hydroxylation sites is 1. The zero-order valence-electron chi connectivity index (χ0n) is 11.6. The van der Waals surface area contributed by atoms with E-state index in [9.17, 15) is 0 Å². The molecule has 2 rings (SSSR count). The van der Waals surface area contributed by atoms with Gasteiger partial charge in [-0.05, 0) is 11.6 Å². The molecule has 0 aliphatic heterocycles. The Balaban J connectivity index is 2.24. The molecule has 106 valence electrons. The Labute approximate surface area is 119 Å². The largest absolute Gasteiger partial charge is 0.493 e. The number of ether oxygens (including phenoxy) is 2. The smallest absolute Gasteiger partial charge is 0.166 e. The van der Waals surface area contributed by atoms with Crippen molar-refractivity contribution < 1.29 is 9.47 Å². The first kappa shape index (κ1) is 14.4. The van der Waals surface area contributed by atoms with Gasteiger partial charge in [-0.1, -0.05) is 42.5 Å². The summed E-state index contributed by atoms with van der Waals surface area (Å²) >= 11 is 0. The Morgan fingerprint density at radius 1 is 1.05 bits per heavy atom. The molecule has 0 amide bonds. The predicted octanol–water partition coefficient (Wildman–Crippen LogP) is 2.23. The summed E-state index contributed by atoms with van der Waals surface area (Å²) in [6.45, 7) is 0.820. The van der Waals surface area contributed by atoms with E-state index >= 15 is 0 Å². The van der Waals surface area contributed by atoms with Gasteiger partial charge in [0.2, 0.25) is 0 Å². The van der Waals surface area contributed by atoms with Gasteiger partial charge < -0.3 is 20.9 Å². The average Bonchev–Trinajstić information content (AvgIpc) is 2.52. The Kier molecular flexibility index (Phi) is 4.98. The van der Waals surface area contributed by atoms with Gasteiger partial charge in [-0.15, -0.1) is 0 Å². The lowest BCUT2D eigenvalue weighted by atomic mass is 10.1. The molecular formula is C16H20N2O2. The highest BCUT2D eigenvalue weighted by Crippen LogP contribution is 2.34. The van der Waals surface area contributed by atoms with Crippen LogP contribution in [-0.4, -0.2) is 13.7 Å². The van der Waals surface area contributed by atoms with Crippen LogP contribution in [-0.2, 0) is 6.61 Å². The van der Waals surface area contributed by atoms with E-state index in [0.29, 0.717) is 24.7 Å². The van der Waals surface area contributed by atoms with Crippen molar-refractivity contribution >= 4 is 0 Å². The summed E-state index contributed by atoms with van der Waals surface area (Å²) in [5.74, 6) is 1.33. The number of benzene rings is 2. The third-order valence-corrected chi connectivity index (χ3v) is 3.11. The van der Waals surface area contributed by atoms with Gasteiger partial charge in [0.25, 0.3) is 0 Å². The summed E-state index contributed by atoms with van der Waals surface area (Å²) in [7, 11) is 1.61. The predicted molar refractivity (Wildman–Crippen MR) is 79.8 cm³/mol. The summed E-state index contributed by atoms with van der Waals surface area (Å²) in [4.78, 5) is 0. The van der Waals surface area contributed by atoms with Crippen molar-refractivity contribution in [1.82, 2.24) is 0 Å². The summed E-state index contributed by atoms with van der Waals surface area (Å²) < 4.78 is 11.3. The zero-order chi connectivity index (χ0) is 14.4. The summed E-state index contributed by atoms with van der Waals surface area (Å²) in [6, 6.07) is 15.3. The first-order valence-corrected chi connectivity index (χ1v) is 6.55. The molecule has 0 saturated carbocycles. The van der Waals surface area contributed by atoms with Crippen molar-refractivity contribution in [2.45, 2.75) is 12.6 Å². The fourth-order valence-corrected chi connectivity index (χ4v) is 2.00. The van der Waals surface area contributed by atoms with Crippen molar-refractivity contribution in [2.24, 2.45) is 11.5 Å².